The first-order valence-electron chi connectivity index (χ1n) is 5.79. The summed E-state index contributed by atoms with van der Waals surface area (Å²) in [6.07, 6.45) is 3.11. The Morgan fingerprint density at radius 1 is 0.895 bits per heavy atom. The van der Waals surface area contributed by atoms with Crippen LogP contribution in [-0.2, 0) is 0 Å². The van der Waals surface area contributed by atoms with Crippen LogP contribution >= 0.6 is 0 Å². The van der Waals surface area contributed by atoms with E-state index in [1.165, 1.54) is 6.33 Å². The third-order valence-corrected chi connectivity index (χ3v) is 2.63. The molecule has 3 aromatic rings. The Morgan fingerprint density at radius 2 is 1.74 bits per heavy atom. The van der Waals surface area contributed by atoms with Gasteiger partial charge < -0.3 is 5.73 Å². The number of hydrogen-bond donors (Lipinski definition) is 1. The molecule has 0 amide bonds. The highest BCUT2D eigenvalue weighted by Crippen LogP contribution is 2.21. The summed E-state index contributed by atoms with van der Waals surface area (Å²) in [4.78, 5) is 16.7. The quantitative estimate of drug-likeness (QED) is 0.753. The van der Waals surface area contributed by atoms with Gasteiger partial charge in [-0.1, -0.05) is 30.3 Å². The number of nitrogens with zero attached hydrogens (tertiary/aromatic N) is 4. The van der Waals surface area contributed by atoms with Gasteiger partial charge in [-0.05, 0) is 6.07 Å². The number of benzene rings is 1. The molecule has 2 heterocycles. The summed E-state index contributed by atoms with van der Waals surface area (Å²) >= 11 is 0. The van der Waals surface area contributed by atoms with Gasteiger partial charge in [0.1, 0.15) is 17.8 Å². The lowest BCUT2D eigenvalue weighted by atomic mass is 10.1. The Bertz CT molecular complexity index is 625. The average Bonchev–Trinajstić information content (AvgIpc) is 2.48. The second kappa shape index (κ2) is 4.81. The lowest BCUT2D eigenvalue weighted by Crippen LogP contribution is -1.99. The minimum atomic E-state index is 0.419. The number of nitrogens with two attached hydrogens (primary N) is 1. The van der Waals surface area contributed by atoms with Gasteiger partial charge in [-0.2, -0.15) is 0 Å². The molecule has 1 aromatic carbocycles. The van der Waals surface area contributed by atoms with Crippen LogP contribution in [0.1, 0.15) is 0 Å². The lowest BCUT2D eigenvalue weighted by Gasteiger charge is -2.05. The van der Waals surface area contributed by atoms with Gasteiger partial charge in [0.05, 0.1) is 5.69 Å². The fourth-order valence-corrected chi connectivity index (χ4v) is 1.76. The molecule has 5 nitrogen and oxygen atoms in total. The molecule has 0 bridgehead atoms. The Kier molecular flexibility index (Phi) is 2.86. The first kappa shape index (κ1) is 11.3. The molecule has 19 heavy (non-hydrogen) atoms. The van der Waals surface area contributed by atoms with E-state index in [4.69, 9.17) is 5.73 Å². The summed E-state index contributed by atoms with van der Waals surface area (Å²) < 4.78 is 0. The van der Waals surface area contributed by atoms with Gasteiger partial charge in [0.15, 0.2) is 5.82 Å². The summed E-state index contributed by atoms with van der Waals surface area (Å²) in [5.41, 5.74) is 8.26. The molecule has 0 aliphatic rings. The molecule has 0 saturated carbocycles. The molecule has 0 unspecified atom stereocenters. The highest BCUT2D eigenvalue weighted by atomic mass is 15.0. The SMILES string of the molecule is Nc1cc(-c2ccccc2)nc(-c2ccncn2)n1. The zero-order valence-corrected chi connectivity index (χ0v) is 10.1. The number of hydrogen-bond acceptors (Lipinski definition) is 5. The number of rotatable bonds is 2. The largest absolute Gasteiger partial charge is 0.384 e. The normalized spacial score (nSPS) is 10.3. The van der Waals surface area contributed by atoms with E-state index >= 15 is 0 Å². The maximum absolute atomic E-state index is 5.84. The lowest BCUT2D eigenvalue weighted by molar-refractivity contribution is 1.11. The van der Waals surface area contributed by atoms with Crippen molar-refractivity contribution in [2.24, 2.45) is 0 Å². The van der Waals surface area contributed by atoms with Gasteiger partial charge in [0.25, 0.3) is 0 Å². The van der Waals surface area contributed by atoms with Crippen LogP contribution in [-0.4, -0.2) is 19.9 Å². The fraction of sp³-hybridized carbons (Fsp3) is 0. The van der Waals surface area contributed by atoms with E-state index in [2.05, 4.69) is 19.9 Å². The standard InChI is InChI=1S/C14H11N5/c15-13-8-12(10-4-2-1-3-5-10)18-14(19-13)11-6-7-16-9-17-11/h1-9H,(H2,15,18,19). The molecule has 2 N–H and O–H groups in total. The van der Waals surface area contributed by atoms with Crippen molar-refractivity contribution in [2.75, 3.05) is 5.73 Å². The number of aromatic nitrogens is 4. The average molecular weight is 249 g/mol. The van der Waals surface area contributed by atoms with Crippen molar-refractivity contribution >= 4 is 5.82 Å². The van der Waals surface area contributed by atoms with Crippen LogP contribution in [0.15, 0.2) is 55.0 Å². The summed E-state index contributed by atoms with van der Waals surface area (Å²) in [5.74, 6) is 0.920. The Labute approximate surface area is 110 Å². The number of anilines is 1. The summed E-state index contributed by atoms with van der Waals surface area (Å²) in [7, 11) is 0. The fourth-order valence-electron chi connectivity index (χ4n) is 1.76. The van der Waals surface area contributed by atoms with E-state index < -0.39 is 0 Å². The molecule has 2 aromatic heterocycles. The van der Waals surface area contributed by atoms with Gasteiger partial charge in [0.2, 0.25) is 0 Å². The van der Waals surface area contributed by atoms with E-state index in [-0.39, 0.29) is 0 Å². The number of nitrogen functional groups attached to an aromatic ring is 1. The minimum Gasteiger partial charge on any atom is -0.384 e. The monoisotopic (exact) mass is 249 g/mol. The molecule has 5 heteroatoms. The van der Waals surface area contributed by atoms with Crippen LogP contribution in [0, 0.1) is 0 Å². The summed E-state index contributed by atoms with van der Waals surface area (Å²) in [6, 6.07) is 13.3. The van der Waals surface area contributed by atoms with Gasteiger partial charge in [-0.25, -0.2) is 19.9 Å². The van der Waals surface area contributed by atoms with Crippen LogP contribution < -0.4 is 5.73 Å². The maximum Gasteiger partial charge on any atom is 0.180 e. The van der Waals surface area contributed by atoms with E-state index in [0.29, 0.717) is 17.3 Å². The van der Waals surface area contributed by atoms with Gasteiger partial charge in [0, 0.05) is 17.8 Å². The molecular weight excluding hydrogens is 238 g/mol. The van der Waals surface area contributed by atoms with Gasteiger partial charge in [-0.15, -0.1) is 0 Å². The van der Waals surface area contributed by atoms with Gasteiger partial charge in [-0.3, -0.25) is 0 Å². The zero-order chi connectivity index (χ0) is 13.1. The van der Waals surface area contributed by atoms with Crippen molar-refractivity contribution in [3.8, 4) is 22.8 Å². The topological polar surface area (TPSA) is 77.6 Å². The maximum atomic E-state index is 5.84. The Hall–Kier alpha value is -2.82. The van der Waals surface area contributed by atoms with E-state index in [1.54, 1.807) is 18.3 Å². The van der Waals surface area contributed by atoms with Gasteiger partial charge >= 0.3 is 0 Å². The molecule has 0 spiro atoms. The second-order valence-electron chi connectivity index (χ2n) is 3.96. The first-order valence-corrected chi connectivity index (χ1v) is 5.79. The summed E-state index contributed by atoms with van der Waals surface area (Å²) in [5, 5.41) is 0. The molecule has 0 atom stereocenters. The molecule has 0 aliphatic carbocycles. The van der Waals surface area contributed by atoms with Crippen molar-refractivity contribution in [3.05, 3.63) is 55.0 Å². The molecular formula is C14H11N5. The van der Waals surface area contributed by atoms with Crippen LogP contribution in [0.4, 0.5) is 5.82 Å². The van der Waals surface area contributed by atoms with E-state index in [0.717, 1.165) is 11.3 Å². The molecule has 0 saturated heterocycles. The van der Waals surface area contributed by atoms with E-state index in [9.17, 15) is 0 Å². The molecule has 3 rings (SSSR count). The van der Waals surface area contributed by atoms with Crippen molar-refractivity contribution in [3.63, 3.8) is 0 Å². The van der Waals surface area contributed by atoms with Crippen LogP contribution in [0.5, 0.6) is 0 Å². The molecule has 92 valence electrons. The Morgan fingerprint density at radius 3 is 2.47 bits per heavy atom. The molecule has 0 radical (unpaired) electrons. The predicted octanol–water partition coefficient (Wildman–Crippen LogP) is 2.18. The minimum absolute atomic E-state index is 0.419. The van der Waals surface area contributed by atoms with E-state index in [1.807, 2.05) is 30.3 Å². The second-order valence-corrected chi connectivity index (χ2v) is 3.96. The highest BCUT2D eigenvalue weighted by molar-refractivity contribution is 5.65. The first-order chi connectivity index (χ1) is 9.33. The van der Waals surface area contributed by atoms with Crippen molar-refractivity contribution in [1.82, 2.24) is 19.9 Å². The molecule has 0 aliphatic heterocycles. The molecule has 0 fully saturated rings. The highest BCUT2D eigenvalue weighted by Gasteiger charge is 2.07. The van der Waals surface area contributed by atoms with Crippen molar-refractivity contribution < 1.29 is 0 Å². The van der Waals surface area contributed by atoms with Crippen molar-refractivity contribution in [2.45, 2.75) is 0 Å². The predicted molar refractivity (Wildman–Crippen MR) is 72.9 cm³/mol. The third-order valence-electron chi connectivity index (χ3n) is 2.63. The van der Waals surface area contributed by atoms with Crippen LogP contribution in [0.3, 0.4) is 0 Å². The third kappa shape index (κ3) is 2.40. The zero-order valence-electron chi connectivity index (χ0n) is 10.1. The summed E-state index contributed by atoms with van der Waals surface area (Å²) in [6.45, 7) is 0. The smallest absolute Gasteiger partial charge is 0.180 e. The van der Waals surface area contributed by atoms with Crippen LogP contribution in [0.25, 0.3) is 22.8 Å². The van der Waals surface area contributed by atoms with Crippen molar-refractivity contribution in [1.29, 1.82) is 0 Å². The Balaban J connectivity index is 2.12. The van der Waals surface area contributed by atoms with Crippen LogP contribution in [0.2, 0.25) is 0 Å².